The van der Waals surface area contributed by atoms with Crippen LogP contribution in [0.4, 0.5) is 19.0 Å². The number of anilines is 1. The van der Waals surface area contributed by atoms with E-state index < -0.39 is 11.9 Å². The molecule has 0 unspecified atom stereocenters. The van der Waals surface area contributed by atoms with Gasteiger partial charge in [0.25, 0.3) is 0 Å². The van der Waals surface area contributed by atoms with Crippen LogP contribution in [0.5, 0.6) is 0 Å². The number of aromatic nitrogens is 3. The van der Waals surface area contributed by atoms with E-state index in [1.54, 1.807) is 0 Å². The van der Waals surface area contributed by atoms with Crippen LogP contribution in [-0.4, -0.2) is 14.6 Å². The molecular weight excluding hydrogens is 197 g/mol. The summed E-state index contributed by atoms with van der Waals surface area (Å²) in [4.78, 5) is 3.75. The second-order valence-electron chi connectivity index (χ2n) is 2.68. The summed E-state index contributed by atoms with van der Waals surface area (Å²) in [6.07, 6.45) is -3.22. The van der Waals surface area contributed by atoms with Gasteiger partial charge in [0.15, 0.2) is 11.3 Å². The summed E-state index contributed by atoms with van der Waals surface area (Å²) in [6, 6.07) is 2.08. The fourth-order valence-corrected chi connectivity index (χ4v) is 1.05. The number of nitrogens with zero attached hydrogens (tertiary/aromatic N) is 3. The minimum absolute atomic E-state index is 0.136. The molecule has 2 N–H and O–H groups in total. The standard InChI is InChI=1S/C7H5F3N4/c8-7(9,10)4-1-2-6-12-5(11)3-14(6)13-4/h1-3H,11H2. The Morgan fingerprint density at radius 2 is 2.00 bits per heavy atom. The molecule has 0 aliphatic carbocycles. The van der Waals surface area contributed by atoms with Gasteiger partial charge in [0.1, 0.15) is 5.82 Å². The number of hydrogen-bond donors (Lipinski definition) is 1. The molecule has 74 valence electrons. The third-order valence-corrected chi connectivity index (χ3v) is 1.63. The van der Waals surface area contributed by atoms with E-state index >= 15 is 0 Å². The van der Waals surface area contributed by atoms with Crippen molar-refractivity contribution in [1.29, 1.82) is 0 Å². The molecular formula is C7H5F3N4. The van der Waals surface area contributed by atoms with Crippen molar-refractivity contribution < 1.29 is 13.2 Å². The van der Waals surface area contributed by atoms with Gasteiger partial charge >= 0.3 is 6.18 Å². The summed E-state index contributed by atoms with van der Waals surface area (Å²) < 4.78 is 37.6. The van der Waals surface area contributed by atoms with Gasteiger partial charge in [0.2, 0.25) is 0 Å². The molecule has 0 amide bonds. The summed E-state index contributed by atoms with van der Waals surface area (Å²) in [7, 11) is 0. The summed E-state index contributed by atoms with van der Waals surface area (Å²) in [5.41, 5.74) is 4.61. The van der Waals surface area contributed by atoms with Gasteiger partial charge in [0, 0.05) is 0 Å². The quantitative estimate of drug-likeness (QED) is 0.701. The average molecular weight is 202 g/mol. The van der Waals surface area contributed by atoms with Gasteiger partial charge in [-0.1, -0.05) is 0 Å². The van der Waals surface area contributed by atoms with Crippen LogP contribution in [-0.2, 0) is 6.18 Å². The maximum Gasteiger partial charge on any atom is 0.435 e. The molecule has 7 heteroatoms. The molecule has 0 aromatic carbocycles. The van der Waals surface area contributed by atoms with Crippen molar-refractivity contribution in [2.24, 2.45) is 0 Å². The highest BCUT2D eigenvalue weighted by atomic mass is 19.4. The normalized spacial score (nSPS) is 12.2. The van der Waals surface area contributed by atoms with Crippen LogP contribution in [0, 0.1) is 0 Å². The molecule has 0 saturated heterocycles. The zero-order valence-corrected chi connectivity index (χ0v) is 6.78. The van der Waals surface area contributed by atoms with Gasteiger partial charge in [-0.05, 0) is 12.1 Å². The van der Waals surface area contributed by atoms with Crippen LogP contribution in [0.25, 0.3) is 5.65 Å². The topological polar surface area (TPSA) is 56.2 Å². The first-order valence-corrected chi connectivity index (χ1v) is 3.66. The first-order valence-electron chi connectivity index (χ1n) is 3.66. The van der Waals surface area contributed by atoms with E-state index in [2.05, 4.69) is 10.1 Å². The lowest BCUT2D eigenvalue weighted by Crippen LogP contribution is -2.10. The highest BCUT2D eigenvalue weighted by molar-refractivity contribution is 5.45. The predicted molar refractivity (Wildman–Crippen MR) is 42.4 cm³/mol. The summed E-state index contributed by atoms with van der Waals surface area (Å²) in [5.74, 6) is 0.136. The fraction of sp³-hybridized carbons (Fsp3) is 0.143. The van der Waals surface area contributed by atoms with E-state index in [1.165, 1.54) is 12.3 Å². The average Bonchev–Trinajstić information content (AvgIpc) is 2.41. The molecule has 2 rings (SSSR count). The lowest BCUT2D eigenvalue weighted by molar-refractivity contribution is -0.141. The minimum atomic E-state index is -4.45. The molecule has 0 aliphatic rings. The van der Waals surface area contributed by atoms with Crippen LogP contribution < -0.4 is 5.73 Å². The van der Waals surface area contributed by atoms with Crippen LogP contribution >= 0.6 is 0 Å². The highest BCUT2D eigenvalue weighted by Crippen LogP contribution is 2.27. The predicted octanol–water partition coefficient (Wildman–Crippen LogP) is 1.33. The van der Waals surface area contributed by atoms with Crippen molar-refractivity contribution in [1.82, 2.24) is 14.6 Å². The Hall–Kier alpha value is -1.79. The Balaban J connectivity index is 2.62. The van der Waals surface area contributed by atoms with Crippen LogP contribution in [0.15, 0.2) is 18.3 Å². The first kappa shape index (κ1) is 8.79. The zero-order valence-electron chi connectivity index (χ0n) is 6.78. The summed E-state index contributed by atoms with van der Waals surface area (Å²) in [5, 5.41) is 3.32. The van der Waals surface area contributed by atoms with Gasteiger partial charge < -0.3 is 5.73 Å². The van der Waals surface area contributed by atoms with E-state index in [4.69, 9.17) is 5.73 Å². The molecule has 0 bridgehead atoms. The number of alkyl halides is 3. The molecule has 2 aromatic heterocycles. The molecule has 2 aromatic rings. The van der Waals surface area contributed by atoms with Crippen molar-refractivity contribution in [3.63, 3.8) is 0 Å². The molecule has 0 atom stereocenters. The monoisotopic (exact) mass is 202 g/mol. The maximum atomic E-state index is 12.2. The second-order valence-corrected chi connectivity index (χ2v) is 2.68. The van der Waals surface area contributed by atoms with Crippen LogP contribution in [0.1, 0.15) is 5.69 Å². The molecule has 0 spiro atoms. The number of nitrogens with two attached hydrogens (primary N) is 1. The van der Waals surface area contributed by atoms with Crippen molar-refractivity contribution >= 4 is 11.5 Å². The Labute approximate surface area is 76.2 Å². The maximum absolute atomic E-state index is 12.2. The minimum Gasteiger partial charge on any atom is -0.382 e. The Kier molecular flexibility index (Phi) is 1.63. The Morgan fingerprint density at radius 3 is 2.64 bits per heavy atom. The van der Waals surface area contributed by atoms with Crippen molar-refractivity contribution in [2.45, 2.75) is 6.18 Å². The van der Waals surface area contributed by atoms with E-state index in [0.29, 0.717) is 0 Å². The third-order valence-electron chi connectivity index (χ3n) is 1.63. The summed E-state index contributed by atoms with van der Waals surface area (Å²) in [6.45, 7) is 0. The molecule has 0 fully saturated rings. The van der Waals surface area contributed by atoms with E-state index in [-0.39, 0.29) is 11.5 Å². The van der Waals surface area contributed by atoms with E-state index in [9.17, 15) is 13.2 Å². The lowest BCUT2D eigenvalue weighted by Gasteiger charge is -2.04. The smallest absolute Gasteiger partial charge is 0.382 e. The van der Waals surface area contributed by atoms with Gasteiger partial charge in [-0.15, -0.1) is 0 Å². The van der Waals surface area contributed by atoms with Crippen molar-refractivity contribution in [3.8, 4) is 0 Å². The molecule has 4 nitrogen and oxygen atoms in total. The number of hydrogen-bond acceptors (Lipinski definition) is 3. The van der Waals surface area contributed by atoms with Gasteiger partial charge in [0.05, 0.1) is 6.20 Å². The fourth-order valence-electron chi connectivity index (χ4n) is 1.05. The third kappa shape index (κ3) is 1.36. The van der Waals surface area contributed by atoms with E-state index in [1.807, 2.05) is 0 Å². The van der Waals surface area contributed by atoms with Gasteiger partial charge in [-0.25, -0.2) is 9.50 Å². The summed E-state index contributed by atoms with van der Waals surface area (Å²) >= 11 is 0. The SMILES string of the molecule is Nc1cn2nc(C(F)(F)F)ccc2n1. The molecule has 0 saturated carbocycles. The Morgan fingerprint density at radius 1 is 1.29 bits per heavy atom. The van der Waals surface area contributed by atoms with Crippen molar-refractivity contribution in [3.05, 3.63) is 24.0 Å². The molecule has 14 heavy (non-hydrogen) atoms. The number of nitrogen functional groups attached to an aromatic ring is 1. The van der Waals surface area contributed by atoms with Crippen LogP contribution in [0.3, 0.4) is 0 Å². The largest absolute Gasteiger partial charge is 0.435 e. The van der Waals surface area contributed by atoms with E-state index in [0.717, 1.165) is 10.6 Å². The van der Waals surface area contributed by atoms with Gasteiger partial charge in [-0.3, -0.25) is 0 Å². The number of halogens is 3. The lowest BCUT2D eigenvalue weighted by atomic mass is 10.4. The van der Waals surface area contributed by atoms with Crippen molar-refractivity contribution in [2.75, 3.05) is 5.73 Å². The Bertz CT molecular complexity index is 473. The highest BCUT2D eigenvalue weighted by Gasteiger charge is 2.32. The number of imidazole rings is 1. The zero-order chi connectivity index (χ0) is 10.3. The number of fused-ring (bicyclic) bond motifs is 1. The first-order chi connectivity index (χ1) is 6.47. The molecule has 0 aliphatic heterocycles. The molecule has 2 heterocycles. The number of rotatable bonds is 0. The second kappa shape index (κ2) is 2.60. The molecule has 0 radical (unpaired) electrons. The van der Waals surface area contributed by atoms with Crippen LogP contribution in [0.2, 0.25) is 0 Å². The van der Waals surface area contributed by atoms with Gasteiger partial charge in [-0.2, -0.15) is 18.3 Å².